The summed E-state index contributed by atoms with van der Waals surface area (Å²) < 4.78 is 5.85. The molecule has 0 saturated heterocycles. The van der Waals surface area contributed by atoms with Gasteiger partial charge in [0.2, 0.25) is 0 Å². The van der Waals surface area contributed by atoms with E-state index in [0.29, 0.717) is 17.1 Å². The van der Waals surface area contributed by atoms with Gasteiger partial charge in [-0.2, -0.15) is 0 Å². The molecule has 0 saturated carbocycles. The van der Waals surface area contributed by atoms with E-state index in [0.717, 1.165) is 10.9 Å². The molecular weight excluding hydrogens is 250 g/mol. The number of rotatable bonds is 3. The number of pyridine rings is 1. The zero-order valence-corrected chi connectivity index (χ0v) is 10.7. The molecule has 98 valence electrons. The van der Waals surface area contributed by atoms with Crippen LogP contribution in [-0.2, 0) is 0 Å². The zero-order valence-electron chi connectivity index (χ0n) is 10.7. The second-order valence-electron chi connectivity index (χ2n) is 4.37. The number of benzene rings is 2. The number of nitrogens with two attached hydrogens (primary N) is 1. The number of amidine groups is 1. The second kappa shape index (κ2) is 5.01. The molecule has 4 heteroatoms. The molecule has 0 spiro atoms. The van der Waals surface area contributed by atoms with Gasteiger partial charge in [0.05, 0.1) is 0 Å². The Labute approximate surface area is 116 Å². The first kappa shape index (κ1) is 12.2. The highest BCUT2D eigenvalue weighted by Gasteiger charge is 2.04. The van der Waals surface area contributed by atoms with Gasteiger partial charge >= 0.3 is 0 Å². The summed E-state index contributed by atoms with van der Waals surface area (Å²) >= 11 is 0. The van der Waals surface area contributed by atoms with E-state index in [9.17, 15) is 0 Å². The van der Waals surface area contributed by atoms with E-state index >= 15 is 0 Å². The van der Waals surface area contributed by atoms with Crippen LogP contribution in [0.15, 0.2) is 60.8 Å². The Morgan fingerprint density at radius 1 is 1.00 bits per heavy atom. The van der Waals surface area contributed by atoms with Crippen LogP contribution in [0.3, 0.4) is 0 Å². The largest absolute Gasteiger partial charge is 0.455 e. The van der Waals surface area contributed by atoms with Gasteiger partial charge in [-0.1, -0.05) is 18.2 Å². The molecule has 0 fully saturated rings. The third-order valence-electron chi connectivity index (χ3n) is 2.99. The molecule has 0 aliphatic rings. The quantitative estimate of drug-likeness (QED) is 0.562. The van der Waals surface area contributed by atoms with E-state index in [-0.39, 0.29) is 5.84 Å². The van der Waals surface area contributed by atoms with Gasteiger partial charge in [0.15, 0.2) is 5.75 Å². The van der Waals surface area contributed by atoms with Crippen LogP contribution in [0.25, 0.3) is 10.9 Å². The summed E-state index contributed by atoms with van der Waals surface area (Å²) in [6.07, 6.45) is 1.74. The molecule has 3 N–H and O–H groups in total. The fraction of sp³-hybridized carbons (Fsp3) is 0. The molecule has 0 bridgehead atoms. The number of nitrogens with zero attached hydrogens (tertiary/aromatic N) is 1. The van der Waals surface area contributed by atoms with Gasteiger partial charge in [0, 0.05) is 17.1 Å². The molecule has 4 nitrogen and oxygen atoms in total. The normalized spacial score (nSPS) is 10.4. The topological polar surface area (TPSA) is 72.0 Å². The van der Waals surface area contributed by atoms with Crippen LogP contribution in [0.1, 0.15) is 5.56 Å². The minimum absolute atomic E-state index is 0.0448. The van der Waals surface area contributed by atoms with Crippen molar-refractivity contribution < 1.29 is 4.74 Å². The smallest absolute Gasteiger partial charge is 0.153 e. The summed E-state index contributed by atoms with van der Waals surface area (Å²) in [4.78, 5) is 4.34. The van der Waals surface area contributed by atoms with E-state index in [4.69, 9.17) is 15.9 Å². The highest BCUT2D eigenvalue weighted by atomic mass is 16.5. The lowest BCUT2D eigenvalue weighted by Gasteiger charge is -2.08. The van der Waals surface area contributed by atoms with Gasteiger partial charge in [-0.25, -0.2) is 0 Å². The summed E-state index contributed by atoms with van der Waals surface area (Å²) in [6.45, 7) is 0. The van der Waals surface area contributed by atoms with Gasteiger partial charge < -0.3 is 10.5 Å². The number of aromatic nitrogens is 1. The van der Waals surface area contributed by atoms with Crippen molar-refractivity contribution in [2.24, 2.45) is 5.73 Å². The minimum atomic E-state index is 0.0448. The molecule has 1 aromatic heterocycles. The van der Waals surface area contributed by atoms with Crippen molar-refractivity contribution in [3.63, 3.8) is 0 Å². The Hall–Kier alpha value is -2.88. The fourth-order valence-electron chi connectivity index (χ4n) is 1.99. The van der Waals surface area contributed by atoms with Gasteiger partial charge in [0.1, 0.15) is 17.1 Å². The molecule has 3 rings (SSSR count). The summed E-state index contributed by atoms with van der Waals surface area (Å²) in [5, 5.41) is 8.39. The molecule has 0 aliphatic heterocycles. The van der Waals surface area contributed by atoms with Crippen molar-refractivity contribution in [2.45, 2.75) is 0 Å². The first-order valence-corrected chi connectivity index (χ1v) is 6.20. The summed E-state index contributed by atoms with van der Waals surface area (Å²) in [6, 6.07) is 16.8. The van der Waals surface area contributed by atoms with Crippen LogP contribution in [-0.4, -0.2) is 10.8 Å². The van der Waals surface area contributed by atoms with Crippen LogP contribution >= 0.6 is 0 Å². The summed E-state index contributed by atoms with van der Waals surface area (Å²) in [5.41, 5.74) is 6.92. The van der Waals surface area contributed by atoms with Crippen LogP contribution in [0.2, 0.25) is 0 Å². The monoisotopic (exact) mass is 263 g/mol. The van der Waals surface area contributed by atoms with Gasteiger partial charge in [0.25, 0.3) is 0 Å². The predicted molar refractivity (Wildman–Crippen MR) is 79.3 cm³/mol. The molecule has 0 amide bonds. The third kappa shape index (κ3) is 2.31. The Bertz CT molecular complexity index is 761. The van der Waals surface area contributed by atoms with Crippen molar-refractivity contribution in [3.05, 3.63) is 66.4 Å². The number of ether oxygens (including phenoxy) is 1. The molecule has 0 aliphatic carbocycles. The molecule has 3 aromatic rings. The Kier molecular flexibility index (Phi) is 3.05. The fourth-order valence-corrected chi connectivity index (χ4v) is 1.99. The van der Waals surface area contributed by atoms with E-state index in [1.54, 1.807) is 30.5 Å². The van der Waals surface area contributed by atoms with Crippen molar-refractivity contribution in [3.8, 4) is 11.5 Å². The molecule has 20 heavy (non-hydrogen) atoms. The van der Waals surface area contributed by atoms with E-state index < -0.39 is 0 Å². The molecule has 0 radical (unpaired) electrons. The zero-order chi connectivity index (χ0) is 13.9. The van der Waals surface area contributed by atoms with Crippen LogP contribution in [0.5, 0.6) is 11.5 Å². The highest BCUT2D eigenvalue weighted by Crippen LogP contribution is 2.28. The van der Waals surface area contributed by atoms with E-state index in [1.807, 2.05) is 30.3 Å². The van der Waals surface area contributed by atoms with E-state index in [1.165, 1.54) is 0 Å². The summed E-state index contributed by atoms with van der Waals surface area (Å²) in [7, 11) is 0. The molecular formula is C16H13N3O. The number of nitrogens with one attached hydrogen (secondary N) is 1. The number of hydrogen-bond acceptors (Lipinski definition) is 3. The SMILES string of the molecule is N=C(N)c1ccc(Oc2cccc3cccnc23)cc1. The summed E-state index contributed by atoms with van der Waals surface area (Å²) in [5.74, 6) is 1.44. The van der Waals surface area contributed by atoms with E-state index in [2.05, 4.69) is 4.98 Å². The Balaban J connectivity index is 1.95. The number of nitrogen functional groups attached to an aromatic ring is 1. The highest BCUT2D eigenvalue weighted by molar-refractivity contribution is 5.95. The van der Waals surface area contributed by atoms with Crippen molar-refractivity contribution >= 4 is 16.7 Å². The predicted octanol–water partition coefficient (Wildman–Crippen LogP) is 3.31. The average molecular weight is 263 g/mol. The lowest BCUT2D eigenvalue weighted by molar-refractivity contribution is 0.487. The number of hydrogen-bond donors (Lipinski definition) is 2. The Morgan fingerprint density at radius 2 is 1.75 bits per heavy atom. The lowest BCUT2D eigenvalue weighted by Crippen LogP contribution is -2.10. The lowest BCUT2D eigenvalue weighted by atomic mass is 10.2. The molecule has 2 aromatic carbocycles. The van der Waals surface area contributed by atoms with Gasteiger partial charge in [-0.15, -0.1) is 0 Å². The van der Waals surface area contributed by atoms with Crippen LogP contribution in [0, 0.1) is 5.41 Å². The maximum Gasteiger partial charge on any atom is 0.153 e. The average Bonchev–Trinajstić information content (AvgIpc) is 2.48. The van der Waals surface area contributed by atoms with Crippen molar-refractivity contribution in [1.29, 1.82) is 5.41 Å². The van der Waals surface area contributed by atoms with Crippen LogP contribution < -0.4 is 10.5 Å². The van der Waals surface area contributed by atoms with Gasteiger partial charge in [-0.3, -0.25) is 10.4 Å². The first-order valence-electron chi connectivity index (χ1n) is 6.20. The maximum absolute atomic E-state index is 7.36. The molecule has 0 unspecified atom stereocenters. The molecule has 1 heterocycles. The number of para-hydroxylation sites is 1. The van der Waals surface area contributed by atoms with Gasteiger partial charge in [-0.05, 0) is 36.4 Å². The molecule has 0 atom stereocenters. The Morgan fingerprint density at radius 3 is 2.50 bits per heavy atom. The standard InChI is InChI=1S/C16H13N3O/c17-16(18)12-6-8-13(9-7-12)20-14-5-1-3-11-4-2-10-19-15(11)14/h1-10H,(H3,17,18). The number of fused-ring (bicyclic) bond motifs is 1. The maximum atomic E-state index is 7.36. The minimum Gasteiger partial charge on any atom is -0.455 e. The third-order valence-corrected chi connectivity index (χ3v) is 2.99. The second-order valence-corrected chi connectivity index (χ2v) is 4.37. The van der Waals surface area contributed by atoms with Crippen molar-refractivity contribution in [2.75, 3.05) is 0 Å². The van der Waals surface area contributed by atoms with Crippen molar-refractivity contribution in [1.82, 2.24) is 4.98 Å². The first-order chi connectivity index (χ1) is 9.74. The van der Waals surface area contributed by atoms with Crippen LogP contribution in [0.4, 0.5) is 0 Å².